The molecule has 0 spiro atoms. The van der Waals surface area contributed by atoms with E-state index in [4.69, 9.17) is 16.3 Å². The van der Waals surface area contributed by atoms with Crippen LogP contribution < -0.4 is 10.9 Å². The number of halogens is 2. The fourth-order valence-electron chi connectivity index (χ4n) is 2.59. The zero-order chi connectivity index (χ0) is 22.8. The van der Waals surface area contributed by atoms with Crippen molar-refractivity contribution in [3.63, 3.8) is 0 Å². The van der Waals surface area contributed by atoms with E-state index in [1.54, 1.807) is 32.0 Å². The van der Waals surface area contributed by atoms with E-state index in [0.717, 1.165) is 4.57 Å². The molecule has 1 aromatic carbocycles. The summed E-state index contributed by atoms with van der Waals surface area (Å²) in [7, 11) is 0. The number of ketones is 1. The first-order valence-electron chi connectivity index (χ1n) is 9.57. The monoisotopic (exact) mass is 440 g/mol. The molecule has 0 fully saturated rings. The van der Waals surface area contributed by atoms with Gasteiger partial charge in [0.05, 0.1) is 12.5 Å². The summed E-state index contributed by atoms with van der Waals surface area (Å²) in [6.07, 6.45) is 0.527. The minimum absolute atomic E-state index is 0.333. The van der Waals surface area contributed by atoms with Gasteiger partial charge in [-0.05, 0) is 37.4 Å². The van der Waals surface area contributed by atoms with Crippen LogP contribution in [0.3, 0.4) is 0 Å². The van der Waals surface area contributed by atoms with Crippen molar-refractivity contribution in [1.82, 2.24) is 9.88 Å². The molecule has 0 saturated carbocycles. The molecule has 30 heavy (non-hydrogen) atoms. The number of hydrogen-bond acceptors (Lipinski definition) is 5. The van der Waals surface area contributed by atoms with E-state index in [1.807, 2.05) is 13.8 Å². The topological polar surface area (TPSA) is 94.5 Å². The molecular formula is C21H26ClFN2O5. The number of ether oxygens (including phenoxy) is 1. The Hall–Kier alpha value is -2.74. The largest absolute Gasteiger partial charge is 0.463 e. The number of hydrogen-bond donors (Lipinski definition) is 1. The molecule has 164 valence electrons. The Labute approximate surface area is 179 Å². The number of nitrogens with one attached hydrogen (secondary N) is 1. The Balaban J connectivity index is 0.00000218. The maximum Gasteiger partial charge on any atom is 0.308 e. The maximum absolute atomic E-state index is 12.8. The number of alkyl halides is 1. The normalized spacial score (nSPS) is 11.4. The molecule has 1 aromatic heterocycles. The van der Waals surface area contributed by atoms with Crippen LogP contribution in [-0.4, -0.2) is 41.0 Å². The molecule has 0 aliphatic rings. The number of rotatable bonds is 8. The fourth-order valence-corrected chi connectivity index (χ4v) is 2.76. The number of nitrogens with zero attached hydrogens (tertiary/aromatic N) is 1. The van der Waals surface area contributed by atoms with Crippen molar-refractivity contribution in [2.24, 2.45) is 0 Å². The molecule has 0 bridgehead atoms. The van der Waals surface area contributed by atoms with Gasteiger partial charge in [-0.25, -0.2) is 4.39 Å². The van der Waals surface area contributed by atoms with E-state index in [2.05, 4.69) is 5.32 Å². The van der Waals surface area contributed by atoms with Gasteiger partial charge in [0.1, 0.15) is 19.3 Å². The average Bonchev–Trinajstić information content (AvgIpc) is 2.70. The number of fused-ring (bicyclic) bond motifs is 1. The van der Waals surface area contributed by atoms with Crippen LogP contribution in [0, 0.1) is 0 Å². The number of benzene rings is 1. The summed E-state index contributed by atoms with van der Waals surface area (Å²) in [5.74, 6) is -2.40. The third-order valence-corrected chi connectivity index (χ3v) is 4.08. The summed E-state index contributed by atoms with van der Waals surface area (Å²) in [6, 6.07) is 5.09. The van der Waals surface area contributed by atoms with E-state index in [1.165, 1.54) is 12.3 Å². The van der Waals surface area contributed by atoms with Crippen LogP contribution in [0.25, 0.3) is 10.8 Å². The summed E-state index contributed by atoms with van der Waals surface area (Å²) in [6.45, 7) is 5.51. The Bertz CT molecular complexity index is 958. The highest BCUT2D eigenvalue weighted by molar-refractivity contribution is 6.31. The van der Waals surface area contributed by atoms with Gasteiger partial charge in [-0.3, -0.25) is 19.2 Å². The second-order valence-electron chi connectivity index (χ2n) is 6.44. The Morgan fingerprint density at radius 3 is 2.47 bits per heavy atom. The average molecular weight is 441 g/mol. The number of esters is 1. The van der Waals surface area contributed by atoms with Crippen LogP contribution in [0.1, 0.15) is 34.1 Å². The van der Waals surface area contributed by atoms with E-state index in [-0.39, 0.29) is 0 Å². The quantitative estimate of drug-likeness (QED) is 0.636. The molecule has 1 amide bonds. The summed E-state index contributed by atoms with van der Waals surface area (Å²) in [5, 5.41) is 3.66. The minimum atomic E-state index is -1.37. The van der Waals surface area contributed by atoms with Crippen molar-refractivity contribution < 1.29 is 23.5 Å². The SMILES string of the molecule is CC.CC(C)OC(=O)CC(NC(=O)Cn1ccc2ccc(Cl)cc2c1=O)C(=O)CF. The molecule has 2 aromatic rings. The van der Waals surface area contributed by atoms with Crippen LogP contribution in [0.2, 0.25) is 5.02 Å². The van der Waals surface area contributed by atoms with Crippen LogP contribution in [0.4, 0.5) is 4.39 Å². The molecule has 1 heterocycles. The van der Waals surface area contributed by atoms with Crippen molar-refractivity contribution in [3.8, 4) is 0 Å². The van der Waals surface area contributed by atoms with Gasteiger partial charge in [-0.2, -0.15) is 0 Å². The second-order valence-corrected chi connectivity index (χ2v) is 6.88. The first kappa shape index (κ1) is 25.3. The van der Waals surface area contributed by atoms with Gasteiger partial charge in [-0.15, -0.1) is 0 Å². The Morgan fingerprint density at radius 1 is 1.20 bits per heavy atom. The summed E-state index contributed by atoms with van der Waals surface area (Å²) < 4.78 is 18.8. The van der Waals surface area contributed by atoms with Gasteiger partial charge >= 0.3 is 5.97 Å². The van der Waals surface area contributed by atoms with Gasteiger partial charge < -0.3 is 14.6 Å². The first-order chi connectivity index (χ1) is 14.2. The number of Topliss-reactive ketones (excluding diaryl/α,β-unsaturated/α-hetero) is 1. The van der Waals surface area contributed by atoms with Crippen LogP contribution in [-0.2, 0) is 25.7 Å². The van der Waals surface area contributed by atoms with Crippen LogP contribution in [0.15, 0.2) is 35.3 Å². The molecule has 2 rings (SSSR count). The van der Waals surface area contributed by atoms with Crippen molar-refractivity contribution >= 4 is 40.0 Å². The molecule has 0 aliphatic heterocycles. The summed E-state index contributed by atoms with van der Waals surface area (Å²) in [5.41, 5.74) is -0.442. The van der Waals surface area contributed by atoms with Crippen molar-refractivity contribution in [2.75, 3.05) is 6.67 Å². The van der Waals surface area contributed by atoms with Gasteiger partial charge in [-0.1, -0.05) is 31.5 Å². The lowest BCUT2D eigenvalue weighted by Gasteiger charge is -2.17. The number of pyridine rings is 1. The first-order valence-corrected chi connectivity index (χ1v) is 9.95. The smallest absolute Gasteiger partial charge is 0.308 e. The van der Waals surface area contributed by atoms with Crippen LogP contribution >= 0.6 is 11.6 Å². The van der Waals surface area contributed by atoms with Gasteiger partial charge in [0.2, 0.25) is 5.91 Å². The lowest BCUT2D eigenvalue weighted by atomic mass is 10.1. The third-order valence-electron chi connectivity index (χ3n) is 3.85. The fraction of sp³-hybridized carbons (Fsp3) is 0.429. The standard InChI is InChI=1S/C19H20ClFN2O5.C2H6/c1-11(2)28-18(26)8-15(16(24)9-21)22-17(25)10-23-6-5-12-3-4-13(20)7-14(12)19(23)27;1-2/h3-7,11,15H,8-10H2,1-2H3,(H,22,25);1-2H3. The highest BCUT2D eigenvalue weighted by Gasteiger charge is 2.25. The van der Waals surface area contributed by atoms with Crippen molar-refractivity contribution in [1.29, 1.82) is 0 Å². The van der Waals surface area contributed by atoms with E-state index in [9.17, 15) is 23.6 Å². The molecule has 1 atom stereocenters. The molecule has 0 radical (unpaired) electrons. The van der Waals surface area contributed by atoms with E-state index in [0.29, 0.717) is 15.8 Å². The lowest BCUT2D eigenvalue weighted by molar-refractivity contribution is -0.149. The number of carbonyl (C=O) groups is 3. The molecule has 0 saturated heterocycles. The molecule has 9 heteroatoms. The number of carbonyl (C=O) groups excluding carboxylic acids is 3. The lowest BCUT2D eigenvalue weighted by Crippen LogP contribution is -2.45. The maximum atomic E-state index is 12.8. The Morgan fingerprint density at radius 2 is 1.87 bits per heavy atom. The van der Waals surface area contributed by atoms with E-state index < -0.39 is 55.0 Å². The van der Waals surface area contributed by atoms with Crippen molar-refractivity contribution in [3.05, 3.63) is 45.8 Å². The highest BCUT2D eigenvalue weighted by Crippen LogP contribution is 2.15. The van der Waals surface area contributed by atoms with Crippen molar-refractivity contribution in [2.45, 2.75) is 52.8 Å². The zero-order valence-corrected chi connectivity index (χ0v) is 18.2. The highest BCUT2D eigenvalue weighted by atomic mass is 35.5. The van der Waals surface area contributed by atoms with Gasteiger partial charge in [0.25, 0.3) is 5.56 Å². The minimum Gasteiger partial charge on any atom is -0.463 e. The molecule has 1 unspecified atom stereocenters. The summed E-state index contributed by atoms with van der Waals surface area (Å²) in [4.78, 5) is 48.3. The summed E-state index contributed by atoms with van der Waals surface area (Å²) >= 11 is 5.91. The van der Waals surface area contributed by atoms with E-state index >= 15 is 0 Å². The van der Waals surface area contributed by atoms with Gasteiger partial charge in [0.15, 0.2) is 5.78 Å². The molecule has 0 aliphatic carbocycles. The molecule has 7 nitrogen and oxygen atoms in total. The predicted octanol–water partition coefficient (Wildman–Crippen LogP) is 3.05. The Kier molecular flexibility index (Phi) is 10.2. The third kappa shape index (κ3) is 7.26. The number of amides is 1. The second kappa shape index (κ2) is 12.1. The van der Waals surface area contributed by atoms with Gasteiger partial charge in [0, 0.05) is 16.6 Å². The van der Waals surface area contributed by atoms with Crippen LogP contribution in [0.5, 0.6) is 0 Å². The number of aromatic nitrogens is 1. The molecule has 1 N–H and O–H groups in total. The zero-order valence-electron chi connectivity index (χ0n) is 17.4. The molecular weight excluding hydrogens is 415 g/mol. The predicted molar refractivity (Wildman–Crippen MR) is 113 cm³/mol.